The molecule has 162 valence electrons. The second kappa shape index (κ2) is 10.9. The number of carbonyl (C=O) groups is 1. The Bertz CT molecular complexity index is 800. The summed E-state index contributed by atoms with van der Waals surface area (Å²) in [5.74, 6) is 0.318. The van der Waals surface area contributed by atoms with Crippen molar-refractivity contribution in [2.24, 2.45) is 0 Å². The number of morpholine rings is 1. The summed E-state index contributed by atoms with van der Waals surface area (Å²) in [6.07, 6.45) is 5.97. The van der Waals surface area contributed by atoms with E-state index in [0.29, 0.717) is 18.3 Å². The molecule has 1 aromatic carbocycles. The summed E-state index contributed by atoms with van der Waals surface area (Å²) in [6.45, 7) is 5.08. The van der Waals surface area contributed by atoms with Gasteiger partial charge >= 0.3 is 0 Å². The molecule has 1 amide bonds. The quantitative estimate of drug-likeness (QED) is 0.644. The first-order valence-electron chi connectivity index (χ1n) is 10.8. The van der Waals surface area contributed by atoms with Gasteiger partial charge in [0.05, 0.1) is 25.0 Å². The van der Waals surface area contributed by atoms with Gasteiger partial charge in [0.15, 0.2) is 0 Å². The molecule has 2 aliphatic rings. The van der Waals surface area contributed by atoms with Crippen LogP contribution in [0.2, 0.25) is 0 Å². The maximum Gasteiger partial charge on any atom is 0.230 e. The maximum atomic E-state index is 12.3. The lowest BCUT2D eigenvalue weighted by molar-refractivity contribution is -0.118. The van der Waals surface area contributed by atoms with Crippen molar-refractivity contribution in [2.75, 3.05) is 32.1 Å². The van der Waals surface area contributed by atoms with Crippen LogP contribution in [0.15, 0.2) is 29.4 Å². The second-order valence-electron chi connectivity index (χ2n) is 7.97. The van der Waals surface area contributed by atoms with Gasteiger partial charge in [-0.3, -0.25) is 9.69 Å². The Labute approximate surface area is 181 Å². The smallest absolute Gasteiger partial charge is 0.230 e. The molecule has 1 N–H and O–H groups in total. The molecule has 8 nitrogen and oxygen atoms in total. The molecule has 1 saturated heterocycles. The number of amides is 1. The van der Waals surface area contributed by atoms with Crippen molar-refractivity contribution in [2.45, 2.75) is 56.4 Å². The van der Waals surface area contributed by atoms with Crippen LogP contribution < -0.4 is 5.32 Å². The van der Waals surface area contributed by atoms with Crippen LogP contribution in [-0.4, -0.2) is 63.1 Å². The molecule has 1 aliphatic carbocycles. The molecule has 1 saturated carbocycles. The molecule has 2 heterocycles. The number of ether oxygens (including phenoxy) is 1. The fourth-order valence-corrected chi connectivity index (χ4v) is 4.77. The highest BCUT2D eigenvalue weighted by Gasteiger charge is 2.20. The van der Waals surface area contributed by atoms with Gasteiger partial charge in [-0.05, 0) is 34.4 Å². The van der Waals surface area contributed by atoms with Crippen LogP contribution >= 0.6 is 11.8 Å². The van der Waals surface area contributed by atoms with E-state index in [0.717, 1.165) is 56.4 Å². The monoisotopic (exact) mass is 430 g/mol. The predicted octanol–water partition coefficient (Wildman–Crippen LogP) is 2.42. The normalized spacial score (nSPS) is 18.4. The average molecular weight is 431 g/mol. The van der Waals surface area contributed by atoms with Gasteiger partial charge in [-0.25, -0.2) is 4.68 Å². The van der Waals surface area contributed by atoms with Crippen molar-refractivity contribution in [1.82, 2.24) is 30.4 Å². The predicted molar refractivity (Wildman–Crippen MR) is 115 cm³/mol. The molecule has 2 fully saturated rings. The van der Waals surface area contributed by atoms with Crippen LogP contribution in [0.4, 0.5) is 0 Å². The van der Waals surface area contributed by atoms with E-state index in [2.05, 4.69) is 50.0 Å². The molecule has 0 radical (unpaired) electrons. The summed E-state index contributed by atoms with van der Waals surface area (Å²) in [4.78, 5) is 14.7. The molecule has 1 aliphatic heterocycles. The molecular formula is C21H30N6O2S. The molecule has 0 unspecified atom stereocenters. The van der Waals surface area contributed by atoms with Gasteiger partial charge in [-0.15, -0.1) is 5.10 Å². The van der Waals surface area contributed by atoms with Crippen molar-refractivity contribution in [1.29, 1.82) is 0 Å². The van der Waals surface area contributed by atoms with E-state index in [9.17, 15) is 4.79 Å². The van der Waals surface area contributed by atoms with Crippen LogP contribution in [0.5, 0.6) is 0 Å². The SMILES string of the molecule is O=C(CSc1nnnn1C1CCCCC1)NCc1ccc(CN2CCOCC2)cc1. The van der Waals surface area contributed by atoms with E-state index in [1.165, 1.54) is 36.6 Å². The first-order chi connectivity index (χ1) is 14.8. The summed E-state index contributed by atoms with van der Waals surface area (Å²) < 4.78 is 7.30. The Morgan fingerprint density at radius 1 is 1.10 bits per heavy atom. The van der Waals surface area contributed by atoms with Crippen LogP contribution in [0.3, 0.4) is 0 Å². The standard InChI is InChI=1S/C21H30N6O2S/c28-20(16-30-21-23-24-25-27(21)19-4-2-1-3-5-19)22-14-17-6-8-18(9-7-17)15-26-10-12-29-13-11-26/h6-9,19H,1-5,10-16H2,(H,22,28). The zero-order valence-electron chi connectivity index (χ0n) is 17.3. The topological polar surface area (TPSA) is 85.2 Å². The van der Waals surface area contributed by atoms with Crippen molar-refractivity contribution in [3.05, 3.63) is 35.4 Å². The second-order valence-corrected chi connectivity index (χ2v) is 8.91. The first-order valence-corrected chi connectivity index (χ1v) is 11.8. The van der Waals surface area contributed by atoms with Crippen LogP contribution in [0.25, 0.3) is 0 Å². The molecule has 4 rings (SSSR count). The van der Waals surface area contributed by atoms with Gasteiger partial charge < -0.3 is 10.1 Å². The minimum atomic E-state index is -0.00409. The minimum absolute atomic E-state index is 0.00409. The van der Waals surface area contributed by atoms with Crippen LogP contribution in [0.1, 0.15) is 49.3 Å². The van der Waals surface area contributed by atoms with E-state index in [4.69, 9.17) is 4.74 Å². The number of aromatic nitrogens is 4. The van der Waals surface area contributed by atoms with Crippen LogP contribution in [-0.2, 0) is 22.6 Å². The summed E-state index contributed by atoms with van der Waals surface area (Å²) in [5.41, 5.74) is 2.39. The average Bonchev–Trinajstić information content (AvgIpc) is 3.27. The molecule has 0 atom stereocenters. The third kappa shape index (κ3) is 6.02. The van der Waals surface area contributed by atoms with E-state index in [1.54, 1.807) is 0 Å². The highest BCUT2D eigenvalue weighted by atomic mass is 32.2. The Morgan fingerprint density at radius 2 is 1.83 bits per heavy atom. The van der Waals surface area contributed by atoms with E-state index in [-0.39, 0.29) is 5.91 Å². The highest BCUT2D eigenvalue weighted by molar-refractivity contribution is 7.99. The number of carbonyl (C=O) groups excluding carboxylic acids is 1. The number of nitrogens with one attached hydrogen (secondary N) is 1. The van der Waals surface area contributed by atoms with Gasteiger partial charge in [-0.2, -0.15) is 0 Å². The third-order valence-electron chi connectivity index (χ3n) is 5.74. The van der Waals surface area contributed by atoms with Crippen molar-refractivity contribution in [3.63, 3.8) is 0 Å². The van der Waals surface area contributed by atoms with Gasteiger partial charge in [0, 0.05) is 26.2 Å². The molecule has 0 spiro atoms. The van der Waals surface area contributed by atoms with Crippen molar-refractivity contribution < 1.29 is 9.53 Å². The number of tetrazole rings is 1. The molecule has 2 aromatic rings. The number of hydrogen-bond donors (Lipinski definition) is 1. The highest BCUT2D eigenvalue weighted by Crippen LogP contribution is 2.30. The Balaban J connectivity index is 1.20. The van der Waals surface area contributed by atoms with Crippen molar-refractivity contribution in [3.8, 4) is 0 Å². The molecule has 9 heteroatoms. The number of hydrogen-bond acceptors (Lipinski definition) is 7. The van der Waals surface area contributed by atoms with Crippen LogP contribution in [0, 0.1) is 0 Å². The third-order valence-corrected chi connectivity index (χ3v) is 6.67. The number of thioether (sulfide) groups is 1. The summed E-state index contributed by atoms with van der Waals surface area (Å²) >= 11 is 1.41. The molecule has 30 heavy (non-hydrogen) atoms. The number of nitrogens with zero attached hydrogens (tertiary/aromatic N) is 5. The largest absolute Gasteiger partial charge is 0.379 e. The summed E-state index contributed by atoms with van der Waals surface area (Å²) in [5, 5.41) is 15.8. The number of benzene rings is 1. The molecule has 0 bridgehead atoms. The zero-order valence-corrected chi connectivity index (χ0v) is 18.1. The van der Waals surface area contributed by atoms with Gasteiger partial charge in [0.2, 0.25) is 11.1 Å². The van der Waals surface area contributed by atoms with E-state index in [1.807, 2.05) is 4.68 Å². The summed E-state index contributed by atoms with van der Waals surface area (Å²) in [6, 6.07) is 8.84. The van der Waals surface area contributed by atoms with Gasteiger partial charge in [0.25, 0.3) is 0 Å². The Kier molecular flexibility index (Phi) is 7.71. The van der Waals surface area contributed by atoms with E-state index >= 15 is 0 Å². The lowest BCUT2D eigenvalue weighted by atomic mass is 9.96. The lowest BCUT2D eigenvalue weighted by Crippen LogP contribution is -2.35. The first kappa shape index (κ1) is 21.3. The Hall–Kier alpha value is -1.97. The van der Waals surface area contributed by atoms with E-state index < -0.39 is 0 Å². The van der Waals surface area contributed by atoms with Gasteiger partial charge in [0.1, 0.15) is 0 Å². The lowest BCUT2D eigenvalue weighted by Gasteiger charge is -2.26. The molecular weight excluding hydrogens is 400 g/mol. The van der Waals surface area contributed by atoms with Gasteiger partial charge in [-0.1, -0.05) is 55.3 Å². The summed E-state index contributed by atoms with van der Waals surface area (Å²) in [7, 11) is 0. The Morgan fingerprint density at radius 3 is 2.60 bits per heavy atom. The minimum Gasteiger partial charge on any atom is -0.379 e. The maximum absolute atomic E-state index is 12.3. The fourth-order valence-electron chi connectivity index (χ4n) is 4.00. The zero-order chi connectivity index (χ0) is 20.6. The van der Waals surface area contributed by atoms with Crippen molar-refractivity contribution >= 4 is 17.7 Å². The fraction of sp³-hybridized carbons (Fsp3) is 0.619. The number of rotatable bonds is 8. The molecule has 1 aromatic heterocycles.